The van der Waals surface area contributed by atoms with Gasteiger partial charge in [-0.1, -0.05) is 26.0 Å². The molecule has 0 radical (unpaired) electrons. The van der Waals surface area contributed by atoms with E-state index in [9.17, 15) is 4.79 Å². The average Bonchev–Trinajstić information content (AvgIpc) is 2.00. The largest absolute Gasteiger partial charge is 0.469 e. The SMILES string of the molecule is CC=CCC(C)(C)CC(=O)OC. The Morgan fingerprint density at radius 3 is 2.50 bits per heavy atom. The van der Waals surface area contributed by atoms with Crippen LogP contribution in [0.1, 0.15) is 33.6 Å². The van der Waals surface area contributed by atoms with Crippen molar-refractivity contribution in [2.75, 3.05) is 7.11 Å². The van der Waals surface area contributed by atoms with Gasteiger partial charge in [0.15, 0.2) is 0 Å². The highest BCUT2D eigenvalue weighted by molar-refractivity contribution is 5.69. The van der Waals surface area contributed by atoms with Crippen LogP contribution in [-0.4, -0.2) is 13.1 Å². The summed E-state index contributed by atoms with van der Waals surface area (Å²) < 4.78 is 4.60. The highest BCUT2D eigenvalue weighted by Gasteiger charge is 2.20. The van der Waals surface area contributed by atoms with Crippen LogP contribution in [0.3, 0.4) is 0 Å². The highest BCUT2D eigenvalue weighted by Crippen LogP contribution is 2.25. The normalized spacial score (nSPS) is 12.0. The molecule has 12 heavy (non-hydrogen) atoms. The van der Waals surface area contributed by atoms with Crippen molar-refractivity contribution >= 4 is 5.97 Å². The standard InChI is InChI=1S/C10H18O2/c1-5-6-7-10(2,3)8-9(11)12-4/h5-6H,7-8H2,1-4H3. The summed E-state index contributed by atoms with van der Waals surface area (Å²) in [6, 6.07) is 0. The van der Waals surface area contributed by atoms with Crippen LogP contribution in [0.2, 0.25) is 0 Å². The van der Waals surface area contributed by atoms with Gasteiger partial charge in [-0.25, -0.2) is 0 Å². The zero-order valence-corrected chi connectivity index (χ0v) is 8.39. The van der Waals surface area contributed by atoms with E-state index in [1.54, 1.807) is 0 Å². The molecule has 0 heterocycles. The zero-order valence-electron chi connectivity index (χ0n) is 8.39. The van der Waals surface area contributed by atoms with E-state index in [1.165, 1.54) is 7.11 Å². The number of hydrogen-bond donors (Lipinski definition) is 0. The molecule has 0 rings (SSSR count). The Hall–Kier alpha value is -0.790. The third kappa shape index (κ3) is 4.94. The van der Waals surface area contributed by atoms with E-state index in [-0.39, 0.29) is 11.4 Å². The quantitative estimate of drug-likeness (QED) is 0.478. The highest BCUT2D eigenvalue weighted by atomic mass is 16.5. The predicted octanol–water partition coefficient (Wildman–Crippen LogP) is 2.54. The van der Waals surface area contributed by atoms with E-state index in [0.29, 0.717) is 6.42 Å². The Morgan fingerprint density at radius 1 is 1.50 bits per heavy atom. The summed E-state index contributed by atoms with van der Waals surface area (Å²) >= 11 is 0. The maximum Gasteiger partial charge on any atom is 0.306 e. The molecule has 0 aromatic carbocycles. The Balaban J connectivity index is 3.94. The van der Waals surface area contributed by atoms with Gasteiger partial charge in [-0.05, 0) is 18.8 Å². The number of ether oxygens (including phenoxy) is 1. The molecule has 0 saturated carbocycles. The number of carbonyl (C=O) groups is 1. The first kappa shape index (κ1) is 11.2. The third-order valence-electron chi connectivity index (χ3n) is 1.76. The van der Waals surface area contributed by atoms with Crippen LogP contribution in [-0.2, 0) is 9.53 Å². The third-order valence-corrected chi connectivity index (χ3v) is 1.76. The average molecular weight is 170 g/mol. The van der Waals surface area contributed by atoms with Crippen LogP contribution in [0.4, 0.5) is 0 Å². The van der Waals surface area contributed by atoms with Gasteiger partial charge in [-0.15, -0.1) is 0 Å². The van der Waals surface area contributed by atoms with Gasteiger partial charge in [0.1, 0.15) is 0 Å². The van der Waals surface area contributed by atoms with Crippen LogP contribution < -0.4 is 0 Å². The maximum absolute atomic E-state index is 10.9. The summed E-state index contributed by atoms with van der Waals surface area (Å²) in [7, 11) is 1.42. The van der Waals surface area contributed by atoms with E-state index in [1.807, 2.05) is 13.0 Å². The lowest BCUT2D eigenvalue weighted by molar-refractivity contribution is -0.142. The van der Waals surface area contributed by atoms with Crippen molar-refractivity contribution in [1.82, 2.24) is 0 Å². The Labute approximate surface area is 74.6 Å². The number of hydrogen-bond acceptors (Lipinski definition) is 2. The fraction of sp³-hybridized carbons (Fsp3) is 0.700. The monoisotopic (exact) mass is 170 g/mol. The Bertz CT molecular complexity index is 169. The molecule has 0 aliphatic rings. The molecule has 0 bridgehead atoms. The summed E-state index contributed by atoms with van der Waals surface area (Å²) in [4.78, 5) is 10.9. The summed E-state index contributed by atoms with van der Waals surface area (Å²) in [5.74, 6) is -0.135. The van der Waals surface area contributed by atoms with Crippen LogP contribution in [0.5, 0.6) is 0 Å². The van der Waals surface area contributed by atoms with Crippen molar-refractivity contribution in [3.63, 3.8) is 0 Å². The maximum atomic E-state index is 10.9. The summed E-state index contributed by atoms with van der Waals surface area (Å²) in [5.41, 5.74) is 0.0135. The number of rotatable bonds is 4. The second-order valence-corrected chi connectivity index (χ2v) is 3.69. The first-order valence-corrected chi connectivity index (χ1v) is 4.20. The summed E-state index contributed by atoms with van der Waals surface area (Å²) in [6.45, 7) is 6.10. The van der Waals surface area contributed by atoms with Crippen molar-refractivity contribution in [3.8, 4) is 0 Å². The molecule has 0 aliphatic carbocycles. The van der Waals surface area contributed by atoms with Crippen LogP contribution in [0, 0.1) is 5.41 Å². The minimum atomic E-state index is -0.135. The van der Waals surface area contributed by atoms with Gasteiger partial charge >= 0.3 is 5.97 Å². The lowest BCUT2D eigenvalue weighted by Gasteiger charge is -2.20. The van der Waals surface area contributed by atoms with E-state index in [4.69, 9.17) is 0 Å². The Morgan fingerprint density at radius 2 is 2.08 bits per heavy atom. The molecular formula is C10H18O2. The number of carbonyl (C=O) groups excluding carboxylic acids is 1. The van der Waals surface area contributed by atoms with Gasteiger partial charge in [-0.2, -0.15) is 0 Å². The summed E-state index contributed by atoms with van der Waals surface area (Å²) in [6.07, 6.45) is 5.47. The van der Waals surface area contributed by atoms with E-state index >= 15 is 0 Å². The molecule has 0 spiro atoms. The van der Waals surface area contributed by atoms with Crippen molar-refractivity contribution in [1.29, 1.82) is 0 Å². The zero-order chi connectivity index (χ0) is 9.61. The number of methoxy groups -OCH3 is 1. The fourth-order valence-corrected chi connectivity index (χ4v) is 0.972. The van der Waals surface area contributed by atoms with Gasteiger partial charge in [0, 0.05) is 0 Å². The van der Waals surface area contributed by atoms with Gasteiger partial charge < -0.3 is 4.74 Å². The molecule has 0 aliphatic heterocycles. The molecule has 0 amide bonds. The fourth-order valence-electron chi connectivity index (χ4n) is 0.972. The van der Waals surface area contributed by atoms with Crippen LogP contribution in [0.25, 0.3) is 0 Å². The minimum Gasteiger partial charge on any atom is -0.469 e. The first-order valence-electron chi connectivity index (χ1n) is 4.20. The van der Waals surface area contributed by atoms with Crippen molar-refractivity contribution < 1.29 is 9.53 Å². The molecular weight excluding hydrogens is 152 g/mol. The predicted molar refractivity (Wildman–Crippen MR) is 49.8 cm³/mol. The first-order chi connectivity index (χ1) is 5.52. The van der Waals surface area contributed by atoms with Gasteiger partial charge in [-0.3, -0.25) is 4.79 Å². The molecule has 0 saturated heterocycles. The molecule has 70 valence electrons. The molecule has 0 fully saturated rings. The van der Waals surface area contributed by atoms with Crippen molar-refractivity contribution in [2.24, 2.45) is 5.41 Å². The molecule has 0 aromatic heterocycles. The number of allylic oxidation sites excluding steroid dienone is 2. The molecule has 0 atom stereocenters. The minimum absolute atomic E-state index is 0.0135. The molecule has 0 N–H and O–H groups in total. The van der Waals surface area contributed by atoms with E-state index in [2.05, 4.69) is 24.7 Å². The van der Waals surface area contributed by atoms with Gasteiger partial charge in [0.2, 0.25) is 0 Å². The van der Waals surface area contributed by atoms with E-state index < -0.39 is 0 Å². The van der Waals surface area contributed by atoms with Crippen LogP contribution in [0.15, 0.2) is 12.2 Å². The smallest absolute Gasteiger partial charge is 0.306 e. The second kappa shape index (κ2) is 4.96. The number of esters is 1. The topological polar surface area (TPSA) is 26.3 Å². The van der Waals surface area contributed by atoms with Gasteiger partial charge in [0.05, 0.1) is 13.5 Å². The molecule has 0 unspecified atom stereocenters. The van der Waals surface area contributed by atoms with Crippen LogP contribution >= 0.6 is 0 Å². The summed E-state index contributed by atoms with van der Waals surface area (Å²) in [5, 5.41) is 0. The van der Waals surface area contributed by atoms with E-state index in [0.717, 1.165) is 6.42 Å². The molecule has 2 heteroatoms. The lowest BCUT2D eigenvalue weighted by atomic mass is 9.86. The molecule has 2 nitrogen and oxygen atoms in total. The van der Waals surface area contributed by atoms with Crippen molar-refractivity contribution in [2.45, 2.75) is 33.6 Å². The van der Waals surface area contributed by atoms with Gasteiger partial charge in [0.25, 0.3) is 0 Å². The molecule has 0 aromatic rings. The van der Waals surface area contributed by atoms with Crippen molar-refractivity contribution in [3.05, 3.63) is 12.2 Å². The lowest BCUT2D eigenvalue weighted by Crippen LogP contribution is -2.17. The Kier molecular flexibility index (Phi) is 4.64. The second-order valence-electron chi connectivity index (χ2n) is 3.69.